The Morgan fingerprint density at radius 1 is 1.11 bits per heavy atom. The zero-order valence-corrected chi connectivity index (χ0v) is 16.6. The summed E-state index contributed by atoms with van der Waals surface area (Å²) < 4.78 is 15.8. The molecule has 1 heterocycles. The average Bonchev–Trinajstić information content (AvgIpc) is 2.67. The molecule has 2 aromatic rings. The highest BCUT2D eigenvalue weighted by Crippen LogP contribution is 2.37. The Bertz CT molecular complexity index is 764. The summed E-state index contributed by atoms with van der Waals surface area (Å²) in [4.78, 5) is 20.1. The Labute approximate surface area is 160 Å². The lowest BCUT2D eigenvalue weighted by molar-refractivity contribution is -0.143. The highest BCUT2D eigenvalue weighted by molar-refractivity contribution is 5.94. The normalized spacial score (nSPS) is 10.7. The summed E-state index contributed by atoms with van der Waals surface area (Å²) in [6.45, 7) is 5.04. The molecule has 0 fully saturated rings. The van der Waals surface area contributed by atoms with Gasteiger partial charge in [-0.05, 0) is 32.8 Å². The van der Waals surface area contributed by atoms with Crippen LogP contribution in [0, 0.1) is 6.92 Å². The number of rotatable bonds is 11. The largest absolute Gasteiger partial charge is 0.493 e. The van der Waals surface area contributed by atoms with Crippen molar-refractivity contribution in [2.75, 3.05) is 32.7 Å². The lowest BCUT2D eigenvalue weighted by Gasteiger charge is -2.15. The van der Waals surface area contributed by atoms with Gasteiger partial charge in [-0.3, -0.25) is 4.79 Å². The number of fused-ring (bicyclic) bond motifs is 1. The van der Waals surface area contributed by atoms with E-state index in [0.717, 1.165) is 54.5 Å². The number of anilines is 1. The van der Waals surface area contributed by atoms with Crippen molar-refractivity contribution in [1.29, 1.82) is 0 Å². The molecular formula is C20H29N3O4. The molecule has 0 aliphatic rings. The Morgan fingerprint density at radius 2 is 1.89 bits per heavy atom. The number of ether oxygens (including phenoxy) is 3. The second-order valence-corrected chi connectivity index (χ2v) is 6.25. The molecule has 0 bridgehead atoms. The summed E-state index contributed by atoms with van der Waals surface area (Å²) in [6, 6.07) is 1.91. The van der Waals surface area contributed by atoms with Crippen molar-refractivity contribution >= 4 is 22.7 Å². The first-order valence-electron chi connectivity index (χ1n) is 9.38. The van der Waals surface area contributed by atoms with Crippen molar-refractivity contribution in [3.05, 3.63) is 18.0 Å². The number of unbranched alkanes of at least 4 members (excludes halogenated alkanes) is 3. The third-order valence-corrected chi connectivity index (χ3v) is 4.41. The maximum absolute atomic E-state index is 11.3. The molecule has 0 saturated carbocycles. The number of aromatic nitrogens is 2. The molecule has 1 N–H and O–H groups in total. The highest BCUT2D eigenvalue weighted by atomic mass is 16.5. The summed E-state index contributed by atoms with van der Waals surface area (Å²) in [7, 11) is 3.25. The maximum atomic E-state index is 11.3. The van der Waals surface area contributed by atoms with Crippen molar-refractivity contribution in [3.8, 4) is 11.5 Å². The molecule has 2 rings (SSSR count). The number of esters is 1. The monoisotopic (exact) mass is 375 g/mol. The van der Waals surface area contributed by atoms with Crippen molar-refractivity contribution < 1.29 is 19.0 Å². The molecule has 27 heavy (non-hydrogen) atoms. The number of hydrogen-bond donors (Lipinski definition) is 1. The van der Waals surface area contributed by atoms with E-state index >= 15 is 0 Å². The van der Waals surface area contributed by atoms with E-state index < -0.39 is 0 Å². The van der Waals surface area contributed by atoms with Crippen molar-refractivity contribution in [2.45, 2.75) is 46.0 Å². The van der Waals surface area contributed by atoms with Gasteiger partial charge in [0.05, 0.1) is 26.3 Å². The molecule has 0 radical (unpaired) electrons. The summed E-state index contributed by atoms with van der Waals surface area (Å²) >= 11 is 0. The van der Waals surface area contributed by atoms with E-state index in [-0.39, 0.29) is 5.97 Å². The number of nitrogens with zero attached hydrogens (tertiary/aromatic N) is 2. The minimum Gasteiger partial charge on any atom is -0.493 e. The van der Waals surface area contributed by atoms with Gasteiger partial charge in [-0.15, -0.1) is 0 Å². The van der Waals surface area contributed by atoms with Crippen LogP contribution in [0.1, 0.15) is 44.6 Å². The predicted molar refractivity (Wildman–Crippen MR) is 106 cm³/mol. The molecule has 0 spiro atoms. The van der Waals surface area contributed by atoms with Crippen LogP contribution in [-0.2, 0) is 9.53 Å². The van der Waals surface area contributed by atoms with Crippen molar-refractivity contribution in [2.24, 2.45) is 0 Å². The van der Waals surface area contributed by atoms with E-state index in [1.165, 1.54) is 0 Å². The summed E-state index contributed by atoms with van der Waals surface area (Å²) in [6.07, 6.45) is 5.98. The van der Waals surface area contributed by atoms with Gasteiger partial charge in [-0.2, -0.15) is 0 Å². The summed E-state index contributed by atoms with van der Waals surface area (Å²) in [5, 5.41) is 4.30. The van der Waals surface area contributed by atoms with E-state index in [4.69, 9.17) is 14.2 Å². The second-order valence-electron chi connectivity index (χ2n) is 6.25. The molecule has 7 heteroatoms. The number of aryl methyl sites for hydroxylation is 1. The zero-order chi connectivity index (χ0) is 19.6. The van der Waals surface area contributed by atoms with Gasteiger partial charge in [-0.25, -0.2) is 9.97 Å². The van der Waals surface area contributed by atoms with Crippen LogP contribution in [-0.4, -0.2) is 43.3 Å². The van der Waals surface area contributed by atoms with Crippen LogP contribution in [0.5, 0.6) is 11.5 Å². The minimum atomic E-state index is -0.108. The molecule has 148 valence electrons. The fourth-order valence-electron chi connectivity index (χ4n) is 3.05. The zero-order valence-electron chi connectivity index (χ0n) is 16.6. The molecule has 0 aliphatic carbocycles. The van der Waals surface area contributed by atoms with Crippen LogP contribution in [0.15, 0.2) is 12.4 Å². The third-order valence-electron chi connectivity index (χ3n) is 4.41. The van der Waals surface area contributed by atoms with Crippen LogP contribution in [0.2, 0.25) is 0 Å². The van der Waals surface area contributed by atoms with Crippen LogP contribution < -0.4 is 14.8 Å². The topological polar surface area (TPSA) is 82.6 Å². The Kier molecular flexibility index (Phi) is 8.10. The van der Waals surface area contributed by atoms with Crippen LogP contribution in [0.3, 0.4) is 0 Å². The van der Waals surface area contributed by atoms with Gasteiger partial charge < -0.3 is 19.5 Å². The van der Waals surface area contributed by atoms with E-state index in [2.05, 4.69) is 15.3 Å². The summed E-state index contributed by atoms with van der Waals surface area (Å²) in [5.41, 5.74) is 1.77. The van der Waals surface area contributed by atoms with Crippen molar-refractivity contribution in [1.82, 2.24) is 9.97 Å². The van der Waals surface area contributed by atoms with Crippen LogP contribution in [0.25, 0.3) is 10.9 Å². The van der Waals surface area contributed by atoms with E-state index in [0.29, 0.717) is 24.5 Å². The van der Waals surface area contributed by atoms with Crippen molar-refractivity contribution in [3.63, 3.8) is 0 Å². The number of carbonyl (C=O) groups is 1. The number of methoxy groups -OCH3 is 2. The van der Waals surface area contributed by atoms with E-state index in [1.54, 1.807) is 20.5 Å². The van der Waals surface area contributed by atoms with Gasteiger partial charge >= 0.3 is 5.97 Å². The first-order valence-corrected chi connectivity index (χ1v) is 9.38. The molecule has 1 aromatic carbocycles. The molecule has 0 unspecified atom stereocenters. The maximum Gasteiger partial charge on any atom is 0.305 e. The van der Waals surface area contributed by atoms with Crippen LogP contribution in [0.4, 0.5) is 5.82 Å². The standard InChI is InChI=1S/C20H29N3O4/c1-5-27-17(24)10-8-6-7-9-11-21-20-15-12-16(25-3)19(26-4)14(2)18(15)22-13-23-20/h12-13H,5-11H2,1-4H3,(H,21,22,23). The molecule has 0 amide bonds. The number of carbonyl (C=O) groups excluding carboxylic acids is 1. The van der Waals surface area contributed by atoms with Gasteiger partial charge in [0.1, 0.15) is 12.1 Å². The Hall–Kier alpha value is -2.57. The number of hydrogen-bond acceptors (Lipinski definition) is 7. The molecular weight excluding hydrogens is 346 g/mol. The molecule has 0 saturated heterocycles. The van der Waals surface area contributed by atoms with E-state index in [9.17, 15) is 4.79 Å². The van der Waals surface area contributed by atoms with Gasteiger partial charge in [0.15, 0.2) is 11.5 Å². The predicted octanol–water partition coefficient (Wildman–Crippen LogP) is 3.88. The van der Waals surface area contributed by atoms with Gasteiger partial charge in [0.25, 0.3) is 0 Å². The van der Waals surface area contributed by atoms with Gasteiger partial charge in [0.2, 0.25) is 0 Å². The average molecular weight is 375 g/mol. The minimum absolute atomic E-state index is 0.108. The van der Waals surface area contributed by atoms with Gasteiger partial charge in [0, 0.05) is 23.9 Å². The molecule has 0 aliphatic heterocycles. The fraction of sp³-hybridized carbons (Fsp3) is 0.550. The molecule has 0 atom stereocenters. The van der Waals surface area contributed by atoms with Gasteiger partial charge in [-0.1, -0.05) is 12.8 Å². The fourth-order valence-corrected chi connectivity index (χ4v) is 3.05. The quantitative estimate of drug-likeness (QED) is 0.471. The van der Waals surface area contributed by atoms with Crippen LogP contribution >= 0.6 is 0 Å². The highest BCUT2D eigenvalue weighted by Gasteiger charge is 2.15. The van der Waals surface area contributed by atoms with E-state index in [1.807, 2.05) is 19.9 Å². The smallest absolute Gasteiger partial charge is 0.305 e. The Morgan fingerprint density at radius 3 is 2.59 bits per heavy atom. The number of nitrogens with one attached hydrogen (secondary N) is 1. The third kappa shape index (κ3) is 5.45. The lowest BCUT2D eigenvalue weighted by atomic mass is 10.1. The molecule has 1 aromatic heterocycles. The molecule has 7 nitrogen and oxygen atoms in total. The first kappa shape index (κ1) is 20.7. The second kappa shape index (κ2) is 10.5. The SMILES string of the molecule is CCOC(=O)CCCCCCNc1ncnc2c(C)c(OC)c(OC)cc12. The Balaban J connectivity index is 1.92. The number of benzene rings is 1. The first-order chi connectivity index (χ1) is 13.1. The summed E-state index contributed by atoms with van der Waals surface area (Å²) in [5.74, 6) is 2.04. The lowest BCUT2D eigenvalue weighted by Crippen LogP contribution is -2.06.